The number of ether oxygens (including phenoxy) is 1. The smallest absolute Gasteiger partial charge is 0.341 e. The quantitative estimate of drug-likeness (QED) is 0.271. The standard InChI is InChI=1S/C5H4O3.2C/c1-3-2-4(6)8-5(3)7;;/h1-2H2;;. The first-order valence-corrected chi connectivity index (χ1v) is 2.13. The second-order valence-electron chi connectivity index (χ2n) is 1.54. The average Bonchev–Trinajstić information content (AvgIpc) is 1.85. The Morgan fingerprint density at radius 2 is 1.80 bits per heavy atom. The van der Waals surface area contributed by atoms with Crippen molar-refractivity contribution in [3.05, 3.63) is 27.0 Å². The first-order valence-electron chi connectivity index (χ1n) is 2.13. The maximum absolute atomic E-state index is 10.2. The molecule has 3 heteroatoms. The van der Waals surface area contributed by atoms with E-state index in [-0.39, 0.29) is 26.8 Å². The van der Waals surface area contributed by atoms with Gasteiger partial charge in [0, 0.05) is 20.4 Å². The largest absolute Gasteiger partial charge is 0.389 e. The molecule has 1 saturated heterocycles. The molecular weight excluding hydrogens is 132 g/mol. The summed E-state index contributed by atoms with van der Waals surface area (Å²) in [7, 11) is 0. The molecule has 0 spiro atoms. The zero-order chi connectivity index (χ0) is 6.15. The molecule has 0 aromatic rings. The minimum absolute atomic E-state index is 0. The van der Waals surface area contributed by atoms with Crippen LogP contribution in [0.15, 0.2) is 12.2 Å². The van der Waals surface area contributed by atoms with Gasteiger partial charge in [0.1, 0.15) is 0 Å². The highest BCUT2D eigenvalue weighted by Crippen LogP contribution is 2.10. The monoisotopic (exact) mass is 136 g/mol. The summed E-state index contributed by atoms with van der Waals surface area (Å²) in [5, 5.41) is 0. The topological polar surface area (TPSA) is 43.4 Å². The van der Waals surface area contributed by atoms with Crippen LogP contribution in [0.1, 0.15) is 6.42 Å². The SMILES string of the molecule is C=C1CC(=O)OC1=O.[C].[C]. The maximum atomic E-state index is 10.2. The van der Waals surface area contributed by atoms with Gasteiger partial charge in [0.15, 0.2) is 0 Å². The fourth-order valence-corrected chi connectivity index (χ4v) is 0.458. The third-order valence-corrected chi connectivity index (χ3v) is 0.853. The summed E-state index contributed by atoms with van der Waals surface area (Å²) in [6.07, 6.45) is 0.0544. The van der Waals surface area contributed by atoms with E-state index >= 15 is 0 Å². The number of carbonyl (C=O) groups is 2. The van der Waals surface area contributed by atoms with Crippen LogP contribution in [0.4, 0.5) is 0 Å². The van der Waals surface area contributed by atoms with E-state index in [1.54, 1.807) is 0 Å². The van der Waals surface area contributed by atoms with E-state index in [1.807, 2.05) is 0 Å². The number of hydrogen-bond acceptors (Lipinski definition) is 3. The molecule has 1 rings (SSSR count). The van der Waals surface area contributed by atoms with E-state index < -0.39 is 11.9 Å². The third kappa shape index (κ3) is 2.01. The summed E-state index contributed by atoms with van der Waals surface area (Å²) in [4.78, 5) is 20.4. The van der Waals surface area contributed by atoms with Crippen molar-refractivity contribution < 1.29 is 14.3 Å². The summed E-state index contributed by atoms with van der Waals surface area (Å²) >= 11 is 0. The van der Waals surface area contributed by atoms with Gasteiger partial charge in [-0.3, -0.25) is 4.79 Å². The molecule has 0 atom stereocenters. The Bertz CT molecular complexity index is 152. The molecule has 0 aliphatic carbocycles. The molecule has 8 radical (unpaired) electrons. The summed E-state index contributed by atoms with van der Waals surface area (Å²) in [6, 6.07) is 0. The van der Waals surface area contributed by atoms with Gasteiger partial charge in [-0.1, -0.05) is 6.58 Å². The van der Waals surface area contributed by atoms with Crippen molar-refractivity contribution >= 4 is 11.9 Å². The molecule has 0 bridgehead atoms. The molecule has 0 unspecified atom stereocenters. The molecule has 1 fully saturated rings. The molecule has 0 aromatic heterocycles. The van der Waals surface area contributed by atoms with Crippen LogP contribution in [0, 0.1) is 14.9 Å². The van der Waals surface area contributed by atoms with E-state index in [4.69, 9.17) is 0 Å². The van der Waals surface area contributed by atoms with E-state index in [0.29, 0.717) is 0 Å². The van der Waals surface area contributed by atoms with Crippen LogP contribution in [0.2, 0.25) is 0 Å². The Labute approximate surface area is 60.7 Å². The lowest BCUT2D eigenvalue weighted by molar-refractivity contribution is -0.151. The number of rotatable bonds is 0. The van der Waals surface area contributed by atoms with Crippen LogP contribution in [-0.2, 0) is 14.3 Å². The Balaban J connectivity index is 0. The van der Waals surface area contributed by atoms with Gasteiger partial charge in [0.25, 0.3) is 0 Å². The molecule has 3 nitrogen and oxygen atoms in total. The van der Waals surface area contributed by atoms with Gasteiger partial charge >= 0.3 is 11.9 Å². The summed E-state index contributed by atoms with van der Waals surface area (Å²) in [5.74, 6) is -1.09. The third-order valence-electron chi connectivity index (χ3n) is 0.853. The normalized spacial score (nSPS) is 15.4. The van der Waals surface area contributed by atoms with Crippen LogP contribution in [-0.4, -0.2) is 11.9 Å². The van der Waals surface area contributed by atoms with Gasteiger partial charge < -0.3 is 4.74 Å². The first-order chi connectivity index (χ1) is 3.70. The van der Waals surface area contributed by atoms with Crippen molar-refractivity contribution in [2.24, 2.45) is 0 Å². The van der Waals surface area contributed by atoms with Gasteiger partial charge in [-0.25, -0.2) is 4.79 Å². The summed E-state index contributed by atoms with van der Waals surface area (Å²) in [6.45, 7) is 3.29. The van der Waals surface area contributed by atoms with Crippen molar-refractivity contribution in [3.63, 3.8) is 0 Å². The Hall–Kier alpha value is -1.12. The number of cyclic esters (lactones) is 2. The van der Waals surface area contributed by atoms with E-state index in [2.05, 4.69) is 11.3 Å². The highest BCUT2D eigenvalue weighted by atomic mass is 16.6. The zero-order valence-corrected chi connectivity index (χ0v) is 5.14. The molecular formula is C7H4O3. The van der Waals surface area contributed by atoms with Gasteiger partial charge in [-0.2, -0.15) is 0 Å². The number of hydrogen-bond donors (Lipinski definition) is 0. The highest BCUT2D eigenvalue weighted by molar-refractivity contribution is 6.05. The summed E-state index contributed by atoms with van der Waals surface area (Å²) < 4.78 is 4.10. The molecule has 50 valence electrons. The number of esters is 2. The van der Waals surface area contributed by atoms with Crippen LogP contribution in [0.3, 0.4) is 0 Å². The molecule has 1 heterocycles. The second kappa shape index (κ2) is 3.82. The lowest BCUT2D eigenvalue weighted by atomic mass is 10.3. The first kappa shape index (κ1) is 11.6. The summed E-state index contributed by atoms with van der Waals surface area (Å²) in [5.41, 5.74) is 0.245. The Kier molecular flexibility index (Phi) is 4.45. The lowest BCUT2D eigenvalue weighted by Crippen LogP contribution is -1.95. The molecule has 0 saturated carbocycles. The Morgan fingerprint density at radius 3 is 1.90 bits per heavy atom. The zero-order valence-electron chi connectivity index (χ0n) is 5.14. The van der Waals surface area contributed by atoms with Gasteiger partial charge in [-0.15, -0.1) is 0 Å². The van der Waals surface area contributed by atoms with Crippen LogP contribution in [0.25, 0.3) is 0 Å². The van der Waals surface area contributed by atoms with Crippen molar-refractivity contribution in [1.82, 2.24) is 0 Å². The van der Waals surface area contributed by atoms with Crippen LogP contribution in [0.5, 0.6) is 0 Å². The van der Waals surface area contributed by atoms with E-state index in [1.165, 1.54) is 0 Å². The van der Waals surface area contributed by atoms with Crippen molar-refractivity contribution in [2.75, 3.05) is 0 Å². The molecule has 0 amide bonds. The molecule has 1 aliphatic heterocycles. The van der Waals surface area contributed by atoms with Crippen molar-refractivity contribution in [2.45, 2.75) is 6.42 Å². The van der Waals surface area contributed by atoms with Crippen molar-refractivity contribution in [3.8, 4) is 0 Å². The lowest BCUT2D eigenvalue weighted by Gasteiger charge is -1.80. The van der Waals surface area contributed by atoms with Gasteiger partial charge in [0.05, 0.1) is 6.42 Å². The average molecular weight is 136 g/mol. The fraction of sp³-hybridized carbons (Fsp3) is 0.143. The van der Waals surface area contributed by atoms with E-state index in [9.17, 15) is 9.59 Å². The van der Waals surface area contributed by atoms with Crippen LogP contribution < -0.4 is 0 Å². The minimum atomic E-state index is -0.588. The van der Waals surface area contributed by atoms with Gasteiger partial charge in [-0.05, 0) is 0 Å². The fourth-order valence-electron chi connectivity index (χ4n) is 0.458. The minimum Gasteiger partial charge on any atom is -0.389 e. The predicted molar refractivity (Wildman–Crippen MR) is 31.3 cm³/mol. The van der Waals surface area contributed by atoms with Crippen molar-refractivity contribution in [1.29, 1.82) is 0 Å². The molecule has 0 N–H and O–H groups in total. The molecule has 0 aromatic carbocycles. The van der Waals surface area contributed by atoms with Crippen LogP contribution >= 0.6 is 0 Å². The van der Waals surface area contributed by atoms with E-state index in [0.717, 1.165) is 0 Å². The highest BCUT2D eigenvalue weighted by Gasteiger charge is 2.24. The molecule has 1 aliphatic rings. The molecule has 10 heavy (non-hydrogen) atoms. The maximum Gasteiger partial charge on any atom is 0.341 e. The number of carbonyl (C=O) groups excluding carboxylic acids is 2. The Morgan fingerprint density at radius 1 is 1.30 bits per heavy atom. The predicted octanol–water partition coefficient (Wildman–Crippen LogP) is 0.179. The van der Waals surface area contributed by atoms with Gasteiger partial charge in [0.2, 0.25) is 0 Å². The second-order valence-corrected chi connectivity index (χ2v) is 1.54.